The van der Waals surface area contributed by atoms with Crippen LogP contribution in [0.25, 0.3) is 6.08 Å². The smallest absolute Gasteiger partial charge is 0.270 e. The molecule has 1 fully saturated rings. The lowest BCUT2D eigenvalue weighted by molar-refractivity contribution is -0.384. The number of Topliss-reactive ketones (excluding diaryl/α,β-unsaturated/α-hetero) is 1. The number of allylic oxidation sites excluding steroid dienone is 1. The highest BCUT2D eigenvalue weighted by Gasteiger charge is 2.22. The third-order valence-corrected chi connectivity index (χ3v) is 3.27. The Morgan fingerprint density at radius 1 is 1.44 bits per heavy atom. The van der Waals surface area contributed by atoms with Gasteiger partial charge in [0.25, 0.3) is 5.69 Å². The monoisotopic (exact) mass is 245 g/mol. The Bertz CT molecular complexity index is 520. The van der Waals surface area contributed by atoms with E-state index in [0.29, 0.717) is 0 Å². The lowest BCUT2D eigenvalue weighted by Crippen LogP contribution is -2.18. The van der Waals surface area contributed by atoms with E-state index in [0.717, 1.165) is 30.4 Å². The maximum absolute atomic E-state index is 11.9. The number of nitro groups is 1. The molecule has 94 valence electrons. The first-order valence-corrected chi connectivity index (χ1v) is 6.07. The second-order valence-corrected chi connectivity index (χ2v) is 4.68. The van der Waals surface area contributed by atoms with E-state index in [-0.39, 0.29) is 17.4 Å². The van der Waals surface area contributed by atoms with Crippen molar-refractivity contribution in [3.8, 4) is 0 Å². The minimum atomic E-state index is -0.423. The zero-order valence-corrected chi connectivity index (χ0v) is 10.3. The van der Waals surface area contributed by atoms with Crippen molar-refractivity contribution in [2.45, 2.75) is 26.2 Å². The molecule has 18 heavy (non-hydrogen) atoms. The Balaban J connectivity index is 2.29. The van der Waals surface area contributed by atoms with Gasteiger partial charge in [0.05, 0.1) is 4.92 Å². The Morgan fingerprint density at radius 3 is 2.94 bits per heavy atom. The van der Waals surface area contributed by atoms with Crippen LogP contribution in [0.4, 0.5) is 5.69 Å². The Hall–Kier alpha value is -1.97. The first-order chi connectivity index (χ1) is 8.58. The summed E-state index contributed by atoms with van der Waals surface area (Å²) in [5.74, 6) is 0.247. The average molecular weight is 245 g/mol. The molecule has 1 saturated carbocycles. The van der Waals surface area contributed by atoms with Crippen molar-refractivity contribution in [2.75, 3.05) is 0 Å². The third-order valence-electron chi connectivity index (χ3n) is 3.27. The zero-order chi connectivity index (χ0) is 13.1. The molecule has 0 spiro atoms. The molecule has 1 aromatic carbocycles. The van der Waals surface area contributed by atoms with Gasteiger partial charge in [-0.3, -0.25) is 14.9 Å². The highest BCUT2D eigenvalue weighted by molar-refractivity contribution is 6.01. The fraction of sp³-hybridized carbons (Fsp3) is 0.357. The maximum atomic E-state index is 11.9. The minimum absolute atomic E-state index is 0.0562. The molecule has 1 aliphatic carbocycles. The molecule has 0 saturated heterocycles. The number of carbonyl (C=O) groups excluding carboxylic acids is 1. The van der Waals surface area contributed by atoms with Crippen molar-refractivity contribution >= 4 is 17.5 Å². The molecule has 1 atom stereocenters. The molecule has 0 aromatic heterocycles. The molecular weight excluding hydrogens is 230 g/mol. The fourth-order valence-electron chi connectivity index (χ4n) is 2.24. The molecular formula is C14H15NO3. The molecule has 0 amide bonds. The number of ketones is 1. The van der Waals surface area contributed by atoms with Crippen molar-refractivity contribution < 1.29 is 9.72 Å². The zero-order valence-electron chi connectivity index (χ0n) is 10.3. The van der Waals surface area contributed by atoms with Crippen molar-refractivity contribution in [1.82, 2.24) is 0 Å². The highest BCUT2D eigenvalue weighted by Crippen LogP contribution is 2.27. The van der Waals surface area contributed by atoms with Crippen LogP contribution in [0.2, 0.25) is 0 Å². The van der Waals surface area contributed by atoms with Gasteiger partial charge in [-0.05, 0) is 36.5 Å². The van der Waals surface area contributed by atoms with Gasteiger partial charge in [-0.25, -0.2) is 0 Å². The van der Waals surface area contributed by atoms with Gasteiger partial charge < -0.3 is 0 Å². The van der Waals surface area contributed by atoms with Crippen molar-refractivity contribution in [3.63, 3.8) is 0 Å². The van der Waals surface area contributed by atoms with Crippen LogP contribution < -0.4 is 0 Å². The number of non-ortho nitro benzene ring substituents is 1. The van der Waals surface area contributed by atoms with E-state index in [1.807, 2.05) is 6.92 Å². The van der Waals surface area contributed by atoms with Gasteiger partial charge in [0.2, 0.25) is 0 Å². The summed E-state index contributed by atoms with van der Waals surface area (Å²) in [5, 5.41) is 10.7. The summed E-state index contributed by atoms with van der Waals surface area (Å²) in [6.45, 7) is 1.93. The van der Waals surface area contributed by atoms with Crippen LogP contribution in [-0.2, 0) is 4.79 Å². The largest absolute Gasteiger partial charge is 0.294 e. The number of hydrogen-bond acceptors (Lipinski definition) is 3. The van der Waals surface area contributed by atoms with Gasteiger partial charge in [-0.2, -0.15) is 0 Å². The van der Waals surface area contributed by atoms with Gasteiger partial charge in [-0.15, -0.1) is 0 Å². The van der Waals surface area contributed by atoms with Crippen molar-refractivity contribution in [3.05, 3.63) is 45.5 Å². The molecule has 0 heterocycles. The lowest BCUT2D eigenvalue weighted by Gasteiger charge is -2.19. The fourth-order valence-corrected chi connectivity index (χ4v) is 2.24. The summed E-state index contributed by atoms with van der Waals surface area (Å²) in [7, 11) is 0. The van der Waals surface area contributed by atoms with E-state index >= 15 is 0 Å². The summed E-state index contributed by atoms with van der Waals surface area (Å²) in [4.78, 5) is 22.2. The molecule has 4 heteroatoms. The van der Waals surface area contributed by atoms with Gasteiger partial charge in [0.1, 0.15) is 0 Å². The Morgan fingerprint density at radius 2 is 2.22 bits per heavy atom. The topological polar surface area (TPSA) is 60.2 Å². The van der Waals surface area contributed by atoms with Crippen LogP contribution in [0.5, 0.6) is 0 Å². The van der Waals surface area contributed by atoms with Gasteiger partial charge in [-0.1, -0.05) is 19.1 Å². The predicted octanol–water partition coefficient (Wildman–Crippen LogP) is 3.37. The molecule has 2 rings (SSSR count). The molecule has 4 nitrogen and oxygen atoms in total. The number of hydrogen-bond donors (Lipinski definition) is 0. The summed E-state index contributed by atoms with van der Waals surface area (Å²) in [6.07, 6.45) is 4.50. The minimum Gasteiger partial charge on any atom is -0.294 e. The van der Waals surface area contributed by atoms with Crippen LogP contribution in [0.3, 0.4) is 0 Å². The van der Waals surface area contributed by atoms with E-state index < -0.39 is 4.92 Å². The van der Waals surface area contributed by atoms with Gasteiger partial charge in [0, 0.05) is 18.1 Å². The molecule has 1 aromatic rings. The van der Waals surface area contributed by atoms with Crippen LogP contribution in [0.1, 0.15) is 31.7 Å². The van der Waals surface area contributed by atoms with Crippen LogP contribution in [-0.4, -0.2) is 10.7 Å². The third kappa shape index (κ3) is 2.64. The number of rotatable bonds is 2. The molecule has 1 aliphatic rings. The summed E-state index contributed by atoms with van der Waals surface area (Å²) >= 11 is 0. The first-order valence-electron chi connectivity index (χ1n) is 6.07. The summed E-state index contributed by atoms with van der Waals surface area (Å²) < 4.78 is 0. The summed E-state index contributed by atoms with van der Waals surface area (Å²) in [5.41, 5.74) is 1.57. The van der Waals surface area contributed by atoms with Gasteiger partial charge in [0.15, 0.2) is 5.78 Å². The SMILES string of the molecule is C[C@@H]1CCC/C(=C\c2cccc([N+](=O)[O-])c2)C1=O. The normalized spacial score (nSPS) is 22.2. The maximum Gasteiger partial charge on any atom is 0.270 e. The number of nitrogens with zero attached hydrogens (tertiary/aromatic N) is 1. The molecule has 0 unspecified atom stereocenters. The number of nitro benzene ring substituents is 1. The second kappa shape index (κ2) is 5.12. The Kier molecular flexibility index (Phi) is 3.55. The Labute approximate surface area is 105 Å². The highest BCUT2D eigenvalue weighted by atomic mass is 16.6. The summed E-state index contributed by atoms with van der Waals surface area (Å²) in [6, 6.07) is 6.38. The van der Waals surface area contributed by atoms with E-state index in [1.165, 1.54) is 12.1 Å². The van der Waals surface area contributed by atoms with Crippen LogP contribution in [0.15, 0.2) is 29.8 Å². The van der Waals surface area contributed by atoms with E-state index in [2.05, 4.69) is 0 Å². The number of benzene rings is 1. The molecule has 0 aliphatic heterocycles. The van der Waals surface area contributed by atoms with Crippen molar-refractivity contribution in [2.24, 2.45) is 5.92 Å². The van der Waals surface area contributed by atoms with Crippen LogP contribution >= 0.6 is 0 Å². The van der Waals surface area contributed by atoms with Gasteiger partial charge >= 0.3 is 0 Å². The first kappa shape index (κ1) is 12.5. The quantitative estimate of drug-likeness (QED) is 0.456. The second-order valence-electron chi connectivity index (χ2n) is 4.68. The van der Waals surface area contributed by atoms with E-state index in [9.17, 15) is 14.9 Å². The van der Waals surface area contributed by atoms with Crippen LogP contribution in [0, 0.1) is 16.0 Å². The average Bonchev–Trinajstić information content (AvgIpc) is 2.35. The predicted molar refractivity (Wildman–Crippen MR) is 69.1 cm³/mol. The van der Waals surface area contributed by atoms with E-state index in [1.54, 1.807) is 18.2 Å². The standard InChI is InChI=1S/C14H15NO3/c1-10-4-2-6-12(14(10)16)8-11-5-3-7-13(9-11)15(17)18/h3,5,7-10H,2,4,6H2,1H3/b12-8+/t10-/m1/s1. The lowest BCUT2D eigenvalue weighted by atomic mass is 9.84. The van der Waals surface area contributed by atoms with E-state index in [4.69, 9.17) is 0 Å². The van der Waals surface area contributed by atoms with Crippen molar-refractivity contribution in [1.29, 1.82) is 0 Å². The molecule has 0 radical (unpaired) electrons. The molecule has 0 bridgehead atoms. The molecule has 0 N–H and O–H groups in total. The number of carbonyl (C=O) groups is 1.